The Balaban J connectivity index is 2.43. The lowest BCUT2D eigenvalue weighted by atomic mass is 10.3. The van der Waals surface area contributed by atoms with Crippen molar-refractivity contribution >= 4 is 21.7 Å². The second-order valence-corrected chi connectivity index (χ2v) is 8.24. The standard InChI is InChI=1S/C8H18OSSi/c1-3-8(2,10)11-7-5-4-6-9-11/h10-11H,3-7H2,1-2H3. The van der Waals surface area contributed by atoms with E-state index in [0.717, 1.165) is 13.0 Å². The largest absolute Gasteiger partial charge is 0.419 e. The highest BCUT2D eigenvalue weighted by Crippen LogP contribution is 2.28. The molecule has 3 heteroatoms. The molecule has 0 bridgehead atoms. The second kappa shape index (κ2) is 3.96. The molecule has 1 fully saturated rings. The molecule has 1 rings (SSSR count). The molecule has 2 atom stereocenters. The molecule has 66 valence electrons. The average Bonchev–Trinajstić information content (AvgIpc) is 2.06. The maximum atomic E-state index is 5.80. The Bertz CT molecular complexity index is 121. The van der Waals surface area contributed by atoms with Crippen LogP contribution in [-0.2, 0) is 4.43 Å². The van der Waals surface area contributed by atoms with Gasteiger partial charge in [0, 0.05) is 11.0 Å². The predicted molar refractivity (Wildman–Crippen MR) is 54.8 cm³/mol. The smallest absolute Gasteiger partial charge is 0.192 e. The van der Waals surface area contributed by atoms with E-state index < -0.39 is 9.04 Å². The minimum Gasteiger partial charge on any atom is -0.419 e. The molecule has 0 aromatic rings. The van der Waals surface area contributed by atoms with E-state index in [-0.39, 0.29) is 4.37 Å². The van der Waals surface area contributed by atoms with E-state index in [4.69, 9.17) is 4.43 Å². The molecule has 1 heterocycles. The minimum absolute atomic E-state index is 0.223. The zero-order valence-corrected chi connectivity index (χ0v) is 9.52. The van der Waals surface area contributed by atoms with Gasteiger partial charge in [-0.15, -0.1) is 0 Å². The van der Waals surface area contributed by atoms with Crippen LogP contribution in [0.4, 0.5) is 0 Å². The molecule has 0 aromatic heterocycles. The van der Waals surface area contributed by atoms with Gasteiger partial charge in [0.05, 0.1) is 0 Å². The van der Waals surface area contributed by atoms with Gasteiger partial charge in [-0.2, -0.15) is 12.6 Å². The van der Waals surface area contributed by atoms with Crippen LogP contribution in [0.5, 0.6) is 0 Å². The Morgan fingerprint density at radius 2 is 2.27 bits per heavy atom. The SMILES string of the molecule is CCC(C)(S)[SiH]1CCCCO1. The van der Waals surface area contributed by atoms with Crippen LogP contribution in [0.3, 0.4) is 0 Å². The zero-order valence-electron chi connectivity index (χ0n) is 7.47. The van der Waals surface area contributed by atoms with Gasteiger partial charge in [0.1, 0.15) is 0 Å². The first kappa shape index (κ1) is 9.61. The van der Waals surface area contributed by atoms with Crippen molar-refractivity contribution in [1.29, 1.82) is 0 Å². The van der Waals surface area contributed by atoms with E-state index >= 15 is 0 Å². The fraction of sp³-hybridized carbons (Fsp3) is 1.00. The van der Waals surface area contributed by atoms with Crippen LogP contribution in [0, 0.1) is 0 Å². The molecule has 11 heavy (non-hydrogen) atoms. The first-order chi connectivity index (χ1) is 5.17. The maximum Gasteiger partial charge on any atom is 0.192 e. The molecular weight excluding hydrogens is 172 g/mol. The van der Waals surface area contributed by atoms with Crippen molar-refractivity contribution in [3.8, 4) is 0 Å². The Morgan fingerprint density at radius 3 is 2.73 bits per heavy atom. The Kier molecular flexibility index (Phi) is 3.46. The van der Waals surface area contributed by atoms with Crippen LogP contribution < -0.4 is 0 Å². The van der Waals surface area contributed by atoms with E-state index in [0.29, 0.717) is 0 Å². The summed E-state index contributed by atoms with van der Waals surface area (Å²) < 4.78 is 6.02. The highest BCUT2D eigenvalue weighted by Gasteiger charge is 2.32. The number of thiol groups is 1. The van der Waals surface area contributed by atoms with E-state index in [1.54, 1.807) is 0 Å². The van der Waals surface area contributed by atoms with Gasteiger partial charge < -0.3 is 4.43 Å². The highest BCUT2D eigenvalue weighted by molar-refractivity contribution is 7.83. The summed E-state index contributed by atoms with van der Waals surface area (Å²) in [5, 5.41) is 0. The third-order valence-electron chi connectivity index (χ3n) is 2.59. The van der Waals surface area contributed by atoms with Gasteiger partial charge in [-0.1, -0.05) is 20.3 Å². The Hall–Kier alpha value is 0.527. The first-order valence-electron chi connectivity index (χ1n) is 4.51. The van der Waals surface area contributed by atoms with Crippen LogP contribution in [0.1, 0.15) is 33.1 Å². The Morgan fingerprint density at radius 1 is 1.55 bits per heavy atom. The molecule has 1 nitrogen and oxygen atoms in total. The van der Waals surface area contributed by atoms with Crippen molar-refractivity contribution in [3.63, 3.8) is 0 Å². The topological polar surface area (TPSA) is 9.23 Å². The summed E-state index contributed by atoms with van der Waals surface area (Å²) >= 11 is 4.67. The van der Waals surface area contributed by atoms with E-state index in [1.165, 1.54) is 18.9 Å². The van der Waals surface area contributed by atoms with Gasteiger partial charge in [-0.05, 0) is 18.9 Å². The lowest BCUT2D eigenvalue weighted by Gasteiger charge is -2.33. The molecule has 1 aliphatic heterocycles. The zero-order chi connectivity index (χ0) is 8.32. The van der Waals surface area contributed by atoms with Gasteiger partial charge in [0.2, 0.25) is 0 Å². The molecule has 0 aromatic carbocycles. The number of hydrogen-bond donors (Lipinski definition) is 1. The molecule has 1 aliphatic rings. The molecule has 0 spiro atoms. The monoisotopic (exact) mass is 190 g/mol. The molecule has 0 amide bonds. The predicted octanol–water partition coefficient (Wildman–Crippen LogP) is 2.16. The summed E-state index contributed by atoms with van der Waals surface area (Å²) in [7, 11) is -0.971. The maximum absolute atomic E-state index is 5.80. The second-order valence-electron chi connectivity index (χ2n) is 3.57. The lowest BCUT2D eigenvalue weighted by Crippen LogP contribution is -2.42. The third-order valence-corrected chi connectivity index (χ3v) is 7.14. The van der Waals surface area contributed by atoms with Crippen LogP contribution in [0.2, 0.25) is 6.04 Å². The average molecular weight is 190 g/mol. The van der Waals surface area contributed by atoms with E-state index in [2.05, 4.69) is 26.5 Å². The van der Waals surface area contributed by atoms with E-state index in [1.807, 2.05) is 0 Å². The summed E-state index contributed by atoms with van der Waals surface area (Å²) in [5.41, 5.74) is 0. The highest BCUT2D eigenvalue weighted by atomic mass is 32.1. The summed E-state index contributed by atoms with van der Waals surface area (Å²) in [6.45, 7) is 5.43. The van der Waals surface area contributed by atoms with Crippen molar-refractivity contribution in [3.05, 3.63) is 0 Å². The van der Waals surface area contributed by atoms with Gasteiger partial charge >= 0.3 is 0 Å². The quantitative estimate of drug-likeness (QED) is 0.518. The van der Waals surface area contributed by atoms with Crippen molar-refractivity contribution in [1.82, 2.24) is 0 Å². The summed E-state index contributed by atoms with van der Waals surface area (Å²) in [5.74, 6) is 0. The minimum atomic E-state index is -0.971. The van der Waals surface area contributed by atoms with Gasteiger partial charge in [0.15, 0.2) is 9.04 Å². The molecule has 1 saturated heterocycles. The van der Waals surface area contributed by atoms with Gasteiger partial charge in [-0.25, -0.2) is 0 Å². The van der Waals surface area contributed by atoms with Crippen molar-refractivity contribution in [2.75, 3.05) is 6.61 Å². The molecule has 2 unspecified atom stereocenters. The summed E-state index contributed by atoms with van der Waals surface area (Å²) in [6.07, 6.45) is 3.77. The van der Waals surface area contributed by atoms with Crippen molar-refractivity contribution in [2.45, 2.75) is 43.5 Å². The number of hydrogen-bond acceptors (Lipinski definition) is 2. The van der Waals surface area contributed by atoms with Crippen molar-refractivity contribution < 1.29 is 4.43 Å². The first-order valence-corrected chi connectivity index (χ1v) is 6.82. The fourth-order valence-electron chi connectivity index (χ4n) is 1.46. The number of rotatable bonds is 2. The third kappa shape index (κ3) is 2.49. The molecule has 0 radical (unpaired) electrons. The summed E-state index contributed by atoms with van der Waals surface area (Å²) in [4.78, 5) is 0. The normalized spacial score (nSPS) is 31.4. The van der Waals surface area contributed by atoms with Crippen LogP contribution in [-0.4, -0.2) is 20.0 Å². The fourth-order valence-corrected chi connectivity index (χ4v) is 4.78. The molecule has 0 saturated carbocycles. The molecule has 0 aliphatic carbocycles. The van der Waals surface area contributed by atoms with E-state index in [9.17, 15) is 0 Å². The van der Waals surface area contributed by atoms with Gasteiger partial charge in [-0.3, -0.25) is 0 Å². The van der Waals surface area contributed by atoms with Crippen molar-refractivity contribution in [2.24, 2.45) is 0 Å². The van der Waals surface area contributed by atoms with Crippen LogP contribution in [0.25, 0.3) is 0 Å². The lowest BCUT2D eigenvalue weighted by molar-refractivity contribution is 0.277. The Labute approximate surface area is 76.7 Å². The molecular formula is C8H18OSSi. The van der Waals surface area contributed by atoms with Crippen LogP contribution in [0.15, 0.2) is 0 Å². The van der Waals surface area contributed by atoms with Gasteiger partial charge in [0.25, 0.3) is 0 Å². The molecule has 0 N–H and O–H groups in total. The summed E-state index contributed by atoms with van der Waals surface area (Å²) in [6, 6.07) is 1.33. The van der Waals surface area contributed by atoms with Crippen LogP contribution >= 0.6 is 12.6 Å².